The summed E-state index contributed by atoms with van der Waals surface area (Å²) in [4.78, 5) is 23.2. The van der Waals surface area contributed by atoms with Gasteiger partial charge in [-0.15, -0.1) is 0 Å². The molecular weight excluding hydrogens is 272 g/mol. The van der Waals surface area contributed by atoms with Gasteiger partial charge in [-0.25, -0.2) is 9.59 Å². The van der Waals surface area contributed by atoms with Crippen LogP contribution in [0.2, 0.25) is 0 Å². The lowest BCUT2D eigenvalue weighted by atomic mass is 9.68. The minimum atomic E-state index is -1.29. The first-order chi connectivity index (χ1) is 9.58. The summed E-state index contributed by atoms with van der Waals surface area (Å²) in [5.41, 5.74) is 0.0863. The number of urea groups is 1. The number of nitrogens with one attached hydrogen (secondary N) is 2. The Morgan fingerprint density at radius 3 is 2.33 bits per heavy atom. The zero-order valence-corrected chi connectivity index (χ0v) is 13.1. The molecule has 0 aromatic heterocycles. The number of hydrogen-bond donors (Lipinski definition) is 4. The van der Waals surface area contributed by atoms with Crippen LogP contribution in [0.5, 0.6) is 0 Å². The van der Waals surface area contributed by atoms with Crippen molar-refractivity contribution in [3.8, 4) is 0 Å². The van der Waals surface area contributed by atoms with Crippen molar-refractivity contribution >= 4 is 12.0 Å². The highest BCUT2D eigenvalue weighted by Gasteiger charge is 2.59. The van der Waals surface area contributed by atoms with Crippen LogP contribution in [0, 0.1) is 16.7 Å². The first-order valence-corrected chi connectivity index (χ1v) is 7.56. The van der Waals surface area contributed by atoms with Gasteiger partial charge in [0.25, 0.3) is 0 Å². The van der Waals surface area contributed by atoms with Gasteiger partial charge in [0.05, 0.1) is 6.10 Å². The molecule has 2 rings (SSSR count). The number of carboxylic acid groups (broad SMARTS) is 1. The monoisotopic (exact) mass is 298 g/mol. The molecule has 120 valence electrons. The molecule has 6 nitrogen and oxygen atoms in total. The maximum absolute atomic E-state index is 12.1. The van der Waals surface area contributed by atoms with Crippen molar-refractivity contribution in [2.45, 2.75) is 65.1 Å². The lowest BCUT2D eigenvalue weighted by Gasteiger charge is -2.43. The first kappa shape index (κ1) is 16.1. The number of amides is 2. The number of aliphatic hydroxyl groups excluding tert-OH is 1. The molecule has 4 N–H and O–H groups in total. The van der Waals surface area contributed by atoms with Crippen LogP contribution in [0.1, 0.15) is 47.0 Å². The third kappa shape index (κ3) is 2.73. The number of carbonyl (C=O) groups excluding carboxylic acids is 1. The van der Waals surface area contributed by atoms with Gasteiger partial charge in [0, 0.05) is 6.04 Å². The van der Waals surface area contributed by atoms with Crippen molar-refractivity contribution in [2.24, 2.45) is 16.7 Å². The second kappa shape index (κ2) is 5.16. The number of fused-ring (bicyclic) bond motifs is 2. The number of aliphatic hydroxyl groups is 1. The van der Waals surface area contributed by atoms with E-state index in [2.05, 4.69) is 31.4 Å². The molecule has 2 saturated carbocycles. The van der Waals surface area contributed by atoms with Crippen LogP contribution >= 0.6 is 0 Å². The molecule has 2 bridgehead atoms. The van der Waals surface area contributed by atoms with Crippen molar-refractivity contribution in [2.75, 3.05) is 0 Å². The quantitative estimate of drug-likeness (QED) is 0.629. The number of aliphatic carboxylic acids is 1. The largest absolute Gasteiger partial charge is 0.480 e. The van der Waals surface area contributed by atoms with Crippen molar-refractivity contribution in [1.29, 1.82) is 0 Å². The molecule has 0 spiro atoms. The summed E-state index contributed by atoms with van der Waals surface area (Å²) < 4.78 is 0. The molecule has 2 aliphatic carbocycles. The Hall–Kier alpha value is -1.30. The van der Waals surface area contributed by atoms with Gasteiger partial charge in [-0.2, -0.15) is 0 Å². The molecule has 21 heavy (non-hydrogen) atoms. The van der Waals surface area contributed by atoms with Gasteiger partial charge in [0.2, 0.25) is 0 Å². The molecular formula is C15H26N2O4. The molecule has 0 aliphatic heterocycles. The fourth-order valence-corrected chi connectivity index (χ4v) is 4.36. The zero-order valence-electron chi connectivity index (χ0n) is 13.1. The highest BCUT2D eigenvalue weighted by Crippen LogP contribution is 2.62. The molecule has 0 saturated heterocycles. The molecule has 0 aromatic rings. The summed E-state index contributed by atoms with van der Waals surface area (Å²) in [5.74, 6) is -0.640. The second-order valence-corrected chi connectivity index (χ2v) is 7.52. The molecule has 6 heteroatoms. The highest BCUT2D eigenvalue weighted by molar-refractivity contribution is 5.83. The van der Waals surface area contributed by atoms with Crippen LogP contribution in [-0.4, -0.2) is 40.4 Å². The van der Waals surface area contributed by atoms with Crippen LogP contribution < -0.4 is 10.6 Å². The maximum Gasteiger partial charge on any atom is 0.328 e. The first-order valence-electron chi connectivity index (χ1n) is 7.56. The molecule has 3 unspecified atom stereocenters. The Bertz CT molecular complexity index is 444. The fraction of sp³-hybridized carbons (Fsp3) is 0.867. The molecule has 5 atom stereocenters. The smallest absolute Gasteiger partial charge is 0.328 e. The van der Waals surface area contributed by atoms with Crippen molar-refractivity contribution in [1.82, 2.24) is 10.6 Å². The van der Waals surface area contributed by atoms with Crippen LogP contribution in [0.3, 0.4) is 0 Å². The summed E-state index contributed by atoms with van der Waals surface area (Å²) in [6, 6.07) is -1.79. The van der Waals surface area contributed by atoms with Gasteiger partial charge >= 0.3 is 12.0 Å². The Balaban J connectivity index is 2.04. The van der Waals surface area contributed by atoms with Gasteiger partial charge in [0.1, 0.15) is 0 Å². The number of hydrogen-bond acceptors (Lipinski definition) is 3. The molecule has 0 heterocycles. The Morgan fingerprint density at radius 2 is 1.90 bits per heavy atom. The number of carbonyl (C=O) groups is 2. The van der Waals surface area contributed by atoms with E-state index in [1.54, 1.807) is 0 Å². The van der Waals surface area contributed by atoms with Gasteiger partial charge < -0.3 is 20.8 Å². The van der Waals surface area contributed by atoms with E-state index in [0.29, 0.717) is 5.92 Å². The van der Waals surface area contributed by atoms with Crippen LogP contribution in [0.4, 0.5) is 4.79 Å². The van der Waals surface area contributed by atoms with Gasteiger partial charge in [-0.1, -0.05) is 20.8 Å². The Labute approximate surface area is 125 Å². The highest BCUT2D eigenvalue weighted by atomic mass is 16.4. The van der Waals surface area contributed by atoms with Crippen LogP contribution in [0.15, 0.2) is 0 Å². The molecule has 2 fully saturated rings. The summed E-state index contributed by atoms with van der Waals surface area (Å²) in [6.45, 7) is 7.87. The second-order valence-electron chi connectivity index (χ2n) is 7.52. The molecule has 2 aliphatic rings. The Morgan fingerprint density at radius 1 is 1.29 bits per heavy atom. The summed E-state index contributed by atoms with van der Waals surface area (Å²) in [6.07, 6.45) is 2.24. The van der Waals surface area contributed by atoms with E-state index in [9.17, 15) is 14.7 Å². The maximum atomic E-state index is 12.1. The van der Waals surface area contributed by atoms with Crippen molar-refractivity contribution in [3.63, 3.8) is 0 Å². The lowest BCUT2D eigenvalue weighted by Crippen LogP contribution is -2.58. The minimum absolute atomic E-state index is 0.00783. The van der Waals surface area contributed by atoms with E-state index >= 15 is 0 Å². The molecule has 2 amide bonds. The van der Waals surface area contributed by atoms with Gasteiger partial charge in [0.15, 0.2) is 6.04 Å². The fourth-order valence-electron chi connectivity index (χ4n) is 4.36. The minimum Gasteiger partial charge on any atom is -0.480 e. The van der Waals surface area contributed by atoms with Gasteiger partial charge in [-0.05, 0) is 42.9 Å². The van der Waals surface area contributed by atoms with Gasteiger partial charge in [-0.3, -0.25) is 0 Å². The number of rotatable bonds is 4. The third-order valence-corrected chi connectivity index (χ3v) is 5.58. The molecule has 0 radical (unpaired) electrons. The predicted molar refractivity (Wildman–Crippen MR) is 77.8 cm³/mol. The summed E-state index contributed by atoms with van der Waals surface area (Å²) in [7, 11) is 0. The van der Waals surface area contributed by atoms with E-state index in [4.69, 9.17) is 5.11 Å². The Kier molecular flexibility index (Phi) is 3.95. The van der Waals surface area contributed by atoms with E-state index < -0.39 is 24.1 Å². The average molecular weight is 298 g/mol. The summed E-state index contributed by atoms with van der Waals surface area (Å²) >= 11 is 0. The topological polar surface area (TPSA) is 98.7 Å². The van der Waals surface area contributed by atoms with Crippen LogP contribution in [-0.2, 0) is 4.79 Å². The van der Waals surface area contributed by atoms with E-state index in [0.717, 1.165) is 12.8 Å². The van der Waals surface area contributed by atoms with Crippen molar-refractivity contribution < 1.29 is 19.8 Å². The zero-order chi connectivity index (χ0) is 16.0. The number of carboxylic acids is 1. The summed E-state index contributed by atoms with van der Waals surface area (Å²) in [5, 5.41) is 23.8. The van der Waals surface area contributed by atoms with E-state index in [1.165, 1.54) is 13.3 Å². The standard InChI is InChI=1S/C15H26N2O4/c1-8(18)10(11(19)20)16-13(21)17-12-14(2,3)9-5-6-15(12,4)7-9/h8-10,12,18H,5-7H2,1-4H3,(H,19,20)(H2,16,17,21)/t8-,9?,10+,12?,15?/m1/s1. The third-order valence-electron chi connectivity index (χ3n) is 5.58. The molecule has 0 aromatic carbocycles. The van der Waals surface area contributed by atoms with E-state index in [-0.39, 0.29) is 16.9 Å². The van der Waals surface area contributed by atoms with E-state index in [1.807, 2.05) is 0 Å². The predicted octanol–water partition coefficient (Wildman–Crippen LogP) is 1.33. The normalized spacial score (nSPS) is 36.0. The van der Waals surface area contributed by atoms with Crippen molar-refractivity contribution in [3.05, 3.63) is 0 Å². The lowest BCUT2D eigenvalue weighted by molar-refractivity contribution is -0.141. The average Bonchev–Trinajstić information content (AvgIpc) is 2.82. The SMILES string of the molecule is C[C@@H](O)[C@H](NC(=O)NC1C2(C)CCC(C2)C1(C)C)C(=O)O. The van der Waals surface area contributed by atoms with Crippen LogP contribution in [0.25, 0.3) is 0 Å².